The molecule has 0 fully saturated rings. The highest BCUT2D eigenvalue weighted by molar-refractivity contribution is 9.10. The summed E-state index contributed by atoms with van der Waals surface area (Å²) in [6.07, 6.45) is 0. The lowest BCUT2D eigenvalue weighted by atomic mass is 10.2. The highest BCUT2D eigenvalue weighted by Crippen LogP contribution is 2.16. The monoisotopic (exact) mass is 317 g/mol. The Balaban J connectivity index is 2.77. The Labute approximate surface area is 113 Å². The molecule has 0 N–H and O–H groups in total. The summed E-state index contributed by atoms with van der Waals surface area (Å²) in [7, 11) is 1.46. The average Bonchev–Trinajstić information content (AvgIpc) is 2.26. The van der Waals surface area contributed by atoms with Crippen LogP contribution in [0.25, 0.3) is 0 Å². The number of ether oxygens (including phenoxy) is 1. The zero-order chi connectivity index (χ0) is 13.7. The van der Waals surface area contributed by atoms with Crippen molar-refractivity contribution >= 4 is 27.8 Å². The minimum absolute atomic E-state index is 0.166. The number of hydrogen-bond donors (Lipinski definition) is 0. The Kier molecular flexibility index (Phi) is 5.27. The van der Waals surface area contributed by atoms with E-state index in [1.54, 1.807) is 6.92 Å². The van der Waals surface area contributed by atoms with E-state index in [4.69, 9.17) is 4.74 Å². The van der Waals surface area contributed by atoms with Gasteiger partial charge in [-0.2, -0.15) is 0 Å². The molecule has 0 heterocycles. The molecule has 0 unspecified atom stereocenters. The van der Waals surface area contributed by atoms with Crippen LogP contribution >= 0.6 is 15.9 Å². The number of likely N-dealkylation sites (N-methyl/N-ethyl adjacent to an activating group) is 1. The molecule has 4 nitrogen and oxygen atoms in total. The van der Waals surface area contributed by atoms with E-state index in [0.29, 0.717) is 4.47 Å². The molecule has 1 amide bonds. The van der Waals surface area contributed by atoms with E-state index >= 15 is 0 Å². The molecule has 0 aliphatic carbocycles. The van der Waals surface area contributed by atoms with Crippen molar-refractivity contribution in [1.82, 2.24) is 4.90 Å². The molecular formula is C12H13BrFNO3. The number of carbonyl (C=O) groups excluding carboxylic acids is 2. The van der Waals surface area contributed by atoms with E-state index in [0.717, 1.165) is 6.07 Å². The quantitative estimate of drug-likeness (QED) is 0.800. The van der Waals surface area contributed by atoms with Gasteiger partial charge < -0.3 is 9.64 Å². The Morgan fingerprint density at radius 3 is 2.61 bits per heavy atom. The van der Waals surface area contributed by atoms with Gasteiger partial charge >= 0.3 is 5.97 Å². The Morgan fingerprint density at radius 1 is 1.39 bits per heavy atom. The largest absolute Gasteiger partial charge is 0.465 e. The van der Waals surface area contributed by atoms with Crippen LogP contribution in [0.15, 0.2) is 22.7 Å². The Morgan fingerprint density at radius 2 is 2.06 bits per heavy atom. The van der Waals surface area contributed by atoms with E-state index < -0.39 is 17.7 Å². The number of esters is 1. The molecule has 0 bridgehead atoms. The van der Waals surface area contributed by atoms with Crippen LogP contribution in [0.2, 0.25) is 0 Å². The van der Waals surface area contributed by atoms with Crippen LogP contribution < -0.4 is 0 Å². The van der Waals surface area contributed by atoms with Crippen LogP contribution in [-0.2, 0) is 9.53 Å². The van der Waals surface area contributed by atoms with Gasteiger partial charge in [-0.05, 0) is 25.1 Å². The maximum Gasteiger partial charge on any atom is 0.325 e. The van der Waals surface area contributed by atoms with E-state index in [1.807, 2.05) is 0 Å². The van der Waals surface area contributed by atoms with E-state index in [2.05, 4.69) is 15.9 Å². The first-order valence-corrected chi connectivity index (χ1v) is 6.10. The lowest BCUT2D eigenvalue weighted by Gasteiger charge is -2.16. The van der Waals surface area contributed by atoms with E-state index in [1.165, 1.54) is 24.1 Å². The normalized spacial score (nSPS) is 10.0. The second-order valence-electron chi connectivity index (χ2n) is 3.62. The molecule has 0 saturated heterocycles. The van der Waals surface area contributed by atoms with Crippen molar-refractivity contribution < 1.29 is 18.7 Å². The molecular weight excluding hydrogens is 305 g/mol. The summed E-state index contributed by atoms with van der Waals surface area (Å²) in [5, 5.41) is 0. The fourth-order valence-electron chi connectivity index (χ4n) is 1.37. The van der Waals surface area contributed by atoms with Crippen LogP contribution in [0, 0.1) is 5.82 Å². The number of carbonyl (C=O) groups is 2. The zero-order valence-corrected chi connectivity index (χ0v) is 11.7. The third kappa shape index (κ3) is 4.10. The van der Waals surface area contributed by atoms with Crippen LogP contribution in [0.4, 0.5) is 4.39 Å². The number of hydrogen-bond acceptors (Lipinski definition) is 3. The summed E-state index contributed by atoms with van der Waals surface area (Å²) >= 11 is 3.10. The average molecular weight is 318 g/mol. The Bertz CT molecular complexity index is 444. The molecule has 1 aromatic carbocycles. The number of amides is 1. The zero-order valence-electron chi connectivity index (χ0n) is 10.1. The van der Waals surface area contributed by atoms with Gasteiger partial charge in [0.25, 0.3) is 5.91 Å². The molecule has 0 aliphatic heterocycles. The molecule has 0 atom stereocenters. The third-order valence-corrected chi connectivity index (χ3v) is 2.59. The highest BCUT2D eigenvalue weighted by Gasteiger charge is 2.16. The first-order valence-electron chi connectivity index (χ1n) is 5.31. The van der Waals surface area contributed by atoms with Crippen molar-refractivity contribution in [2.24, 2.45) is 0 Å². The summed E-state index contributed by atoms with van der Waals surface area (Å²) in [4.78, 5) is 24.3. The molecule has 18 heavy (non-hydrogen) atoms. The van der Waals surface area contributed by atoms with Crippen molar-refractivity contribution in [2.75, 3.05) is 20.2 Å². The van der Waals surface area contributed by atoms with Crippen molar-refractivity contribution in [3.8, 4) is 0 Å². The second-order valence-corrected chi connectivity index (χ2v) is 4.54. The second kappa shape index (κ2) is 6.49. The molecule has 6 heteroatoms. The first kappa shape index (κ1) is 14.6. The maximum absolute atomic E-state index is 13.1. The number of halogens is 2. The van der Waals surface area contributed by atoms with Gasteiger partial charge in [-0.3, -0.25) is 9.59 Å². The summed E-state index contributed by atoms with van der Waals surface area (Å²) < 4.78 is 18.3. The van der Waals surface area contributed by atoms with E-state index in [-0.39, 0.29) is 18.7 Å². The van der Waals surface area contributed by atoms with Crippen molar-refractivity contribution in [3.63, 3.8) is 0 Å². The molecule has 0 aromatic heterocycles. The fraction of sp³-hybridized carbons (Fsp3) is 0.333. The fourth-order valence-corrected chi connectivity index (χ4v) is 1.84. The summed E-state index contributed by atoms with van der Waals surface area (Å²) in [6, 6.07) is 3.87. The molecule has 0 spiro atoms. The van der Waals surface area contributed by atoms with Crippen molar-refractivity contribution in [3.05, 3.63) is 34.1 Å². The minimum atomic E-state index is -0.516. The predicted molar refractivity (Wildman–Crippen MR) is 67.7 cm³/mol. The van der Waals surface area contributed by atoms with Crippen molar-refractivity contribution in [1.29, 1.82) is 0 Å². The maximum atomic E-state index is 13.1. The van der Waals surface area contributed by atoms with Gasteiger partial charge in [-0.1, -0.05) is 15.9 Å². The smallest absolute Gasteiger partial charge is 0.325 e. The molecule has 0 aliphatic rings. The minimum Gasteiger partial charge on any atom is -0.465 e. The topological polar surface area (TPSA) is 46.6 Å². The van der Waals surface area contributed by atoms with Gasteiger partial charge in [0.2, 0.25) is 0 Å². The molecule has 0 radical (unpaired) electrons. The van der Waals surface area contributed by atoms with Crippen LogP contribution in [0.5, 0.6) is 0 Å². The SMILES string of the molecule is CCOC(=O)CN(C)C(=O)c1cc(F)cc(Br)c1. The van der Waals surface area contributed by atoms with Gasteiger partial charge in [0, 0.05) is 17.1 Å². The molecule has 1 rings (SSSR count). The van der Waals surface area contributed by atoms with Crippen LogP contribution in [-0.4, -0.2) is 37.0 Å². The van der Waals surface area contributed by atoms with Crippen molar-refractivity contribution in [2.45, 2.75) is 6.92 Å². The summed E-state index contributed by atoms with van der Waals surface area (Å²) in [6.45, 7) is 1.77. The highest BCUT2D eigenvalue weighted by atomic mass is 79.9. The lowest BCUT2D eigenvalue weighted by molar-refractivity contribution is -0.143. The number of nitrogens with zero attached hydrogens (tertiary/aromatic N) is 1. The van der Waals surface area contributed by atoms with E-state index in [9.17, 15) is 14.0 Å². The van der Waals surface area contributed by atoms with Crippen LogP contribution in [0.1, 0.15) is 17.3 Å². The molecule has 98 valence electrons. The third-order valence-electron chi connectivity index (χ3n) is 2.13. The first-order chi connectivity index (χ1) is 8.43. The van der Waals surface area contributed by atoms with Crippen LogP contribution in [0.3, 0.4) is 0 Å². The lowest BCUT2D eigenvalue weighted by Crippen LogP contribution is -2.33. The molecule has 0 saturated carbocycles. The van der Waals surface area contributed by atoms with Gasteiger partial charge in [-0.15, -0.1) is 0 Å². The summed E-state index contributed by atoms with van der Waals surface area (Å²) in [5.74, 6) is -1.45. The Hall–Kier alpha value is -1.43. The number of rotatable bonds is 4. The van der Waals surface area contributed by atoms with Gasteiger partial charge in [-0.25, -0.2) is 4.39 Å². The van der Waals surface area contributed by atoms with Gasteiger partial charge in [0.15, 0.2) is 0 Å². The van der Waals surface area contributed by atoms with Gasteiger partial charge in [0.1, 0.15) is 12.4 Å². The van der Waals surface area contributed by atoms with Gasteiger partial charge in [0.05, 0.1) is 6.61 Å². The summed E-state index contributed by atoms with van der Waals surface area (Å²) in [5.41, 5.74) is 0.175. The standard InChI is InChI=1S/C12H13BrFNO3/c1-3-18-11(16)7-15(2)12(17)8-4-9(13)6-10(14)5-8/h4-6H,3,7H2,1-2H3. The predicted octanol–water partition coefficient (Wildman–Crippen LogP) is 2.22. The molecule has 1 aromatic rings. The number of benzene rings is 1.